The highest BCUT2D eigenvalue weighted by Gasteiger charge is 2.22. The first-order valence-electron chi connectivity index (χ1n) is 7.18. The van der Waals surface area contributed by atoms with Crippen molar-refractivity contribution in [3.63, 3.8) is 0 Å². The zero-order valence-corrected chi connectivity index (χ0v) is 12.6. The summed E-state index contributed by atoms with van der Waals surface area (Å²) in [6.07, 6.45) is 3.62. The molecular weight excluding hydrogens is 228 g/mol. The Morgan fingerprint density at radius 3 is 2.44 bits per heavy atom. The van der Waals surface area contributed by atoms with Gasteiger partial charge in [0.2, 0.25) is 0 Å². The Morgan fingerprint density at radius 1 is 1.33 bits per heavy atom. The first-order chi connectivity index (χ1) is 8.52. The number of nitrogens with two attached hydrogens (primary N) is 1. The van der Waals surface area contributed by atoms with Crippen LogP contribution in [0.3, 0.4) is 0 Å². The lowest BCUT2D eigenvalue weighted by molar-refractivity contribution is 0.0290. The van der Waals surface area contributed by atoms with Gasteiger partial charge in [0.15, 0.2) is 0 Å². The molecule has 0 aliphatic carbocycles. The zero-order chi connectivity index (χ0) is 14.0. The summed E-state index contributed by atoms with van der Waals surface area (Å²) in [5, 5.41) is 10.1. The van der Waals surface area contributed by atoms with E-state index < -0.39 is 5.60 Å². The summed E-state index contributed by atoms with van der Waals surface area (Å²) in [6, 6.07) is 0.563. The molecule has 4 nitrogen and oxygen atoms in total. The summed E-state index contributed by atoms with van der Waals surface area (Å²) in [4.78, 5) is 2.43. The molecule has 0 bridgehead atoms. The number of ether oxygens (including phenoxy) is 1. The van der Waals surface area contributed by atoms with Crippen LogP contribution in [0.4, 0.5) is 0 Å². The molecular formula is C14H32N2O2. The van der Waals surface area contributed by atoms with Crippen LogP contribution in [0.1, 0.15) is 46.5 Å². The molecule has 0 saturated carbocycles. The van der Waals surface area contributed by atoms with Crippen LogP contribution in [0.15, 0.2) is 0 Å². The minimum atomic E-state index is -0.678. The standard InChI is InChI=1S/C14H32N2O2/c1-5-13(3)16(10-11-18-4)9-7-8-14(17,6-2)12-15/h13,17H,5-12,15H2,1-4H3. The summed E-state index contributed by atoms with van der Waals surface area (Å²) in [6.45, 7) is 9.51. The fraction of sp³-hybridized carbons (Fsp3) is 1.00. The van der Waals surface area contributed by atoms with Gasteiger partial charge in [-0.2, -0.15) is 0 Å². The Balaban J connectivity index is 4.09. The number of rotatable bonds is 11. The molecule has 0 amide bonds. The van der Waals surface area contributed by atoms with E-state index in [0.717, 1.165) is 45.4 Å². The fourth-order valence-electron chi connectivity index (χ4n) is 2.05. The van der Waals surface area contributed by atoms with Crippen LogP contribution < -0.4 is 5.73 Å². The Morgan fingerprint density at radius 2 is 2.00 bits per heavy atom. The average Bonchev–Trinajstić information content (AvgIpc) is 2.41. The predicted octanol–water partition coefficient (Wildman–Crippen LogP) is 1.61. The third-order valence-corrected chi connectivity index (χ3v) is 3.92. The van der Waals surface area contributed by atoms with Gasteiger partial charge in [-0.05, 0) is 39.2 Å². The van der Waals surface area contributed by atoms with Crippen LogP contribution in [0.2, 0.25) is 0 Å². The summed E-state index contributed by atoms with van der Waals surface area (Å²) < 4.78 is 5.15. The molecule has 0 fully saturated rings. The number of hydrogen-bond acceptors (Lipinski definition) is 4. The minimum Gasteiger partial charge on any atom is -0.389 e. The van der Waals surface area contributed by atoms with Crippen molar-refractivity contribution in [1.82, 2.24) is 4.90 Å². The molecule has 0 spiro atoms. The van der Waals surface area contributed by atoms with Crippen molar-refractivity contribution < 1.29 is 9.84 Å². The second-order valence-corrected chi connectivity index (χ2v) is 5.17. The van der Waals surface area contributed by atoms with Gasteiger partial charge >= 0.3 is 0 Å². The molecule has 0 aliphatic rings. The van der Waals surface area contributed by atoms with E-state index in [2.05, 4.69) is 18.7 Å². The van der Waals surface area contributed by atoms with E-state index in [9.17, 15) is 5.11 Å². The van der Waals surface area contributed by atoms with Gasteiger partial charge in [-0.25, -0.2) is 0 Å². The summed E-state index contributed by atoms with van der Waals surface area (Å²) in [7, 11) is 1.74. The predicted molar refractivity (Wildman–Crippen MR) is 76.7 cm³/mol. The van der Waals surface area contributed by atoms with Gasteiger partial charge in [-0.1, -0.05) is 13.8 Å². The first kappa shape index (κ1) is 17.8. The fourth-order valence-corrected chi connectivity index (χ4v) is 2.05. The largest absolute Gasteiger partial charge is 0.389 e. The Labute approximate surface area is 112 Å². The maximum absolute atomic E-state index is 10.1. The molecule has 0 heterocycles. The Hall–Kier alpha value is -0.160. The van der Waals surface area contributed by atoms with E-state index in [1.54, 1.807) is 7.11 Å². The van der Waals surface area contributed by atoms with E-state index in [0.29, 0.717) is 12.6 Å². The van der Waals surface area contributed by atoms with Crippen molar-refractivity contribution >= 4 is 0 Å². The molecule has 0 aromatic carbocycles. The van der Waals surface area contributed by atoms with E-state index in [-0.39, 0.29) is 0 Å². The minimum absolute atomic E-state index is 0.352. The molecule has 0 aromatic heterocycles. The Bertz CT molecular complexity index is 196. The third-order valence-electron chi connectivity index (χ3n) is 3.92. The number of hydrogen-bond donors (Lipinski definition) is 2. The molecule has 0 aromatic rings. The van der Waals surface area contributed by atoms with Crippen molar-refractivity contribution in [2.45, 2.75) is 58.1 Å². The van der Waals surface area contributed by atoms with Crippen LogP contribution in [0.5, 0.6) is 0 Å². The molecule has 0 radical (unpaired) electrons. The van der Waals surface area contributed by atoms with Gasteiger partial charge in [0.1, 0.15) is 0 Å². The van der Waals surface area contributed by atoms with Gasteiger partial charge in [-0.3, -0.25) is 4.90 Å². The van der Waals surface area contributed by atoms with Crippen molar-refractivity contribution in [3.05, 3.63) is 0 Å². The summed E-state index contributed by atoms with van der Waals surface area (Å²) in [5.74, 6) is 0. The van der Waals surface area contributed by atoms with Gasteiger partial charge in [0, 0.05) is 26.2 Å². The zero-order valence-electron chi connectivity index (χ0n) is 12.6. The van der Waals surface area contributed by atoms with E-state index in [1.807, 2.05) is 6.92 Å². The summed E-state index contributed by atoms with van der Waals surface area (Å²) >= 11 is 0. The first-order valence-corrected chi connectivity index (χ1v) is 7.18. The van der Waals surface area contributed by atoms with E-state index in [1.165, 1.54) is 0 Å². The highest BCUT2D eigenvalue weighted by Crippen LogP contribution is 2.16. The second kappa shape index (κ2) is 9.73. The molecule has 2 atom stereocenters. The van der Waals surface area contributed by atoms with Crippen LogP contribution in [0.25, 0.3) is 0 Å². The highest BCUT2D eigenvalue weighted by atomic mass is 16.5. The molecule has 18 heavy (non-hydrogen) atoms. The lowest BCUT2D eigenvalue weighted by Crippen LogP contribution is -2.40. The van der Waals surface area contributed by atoms with Crippen LogP contribution >= 0.6 is 0 Å². The van der Waals surface area contributed by atoms with Crippen molar-refractivity contribution in [2.24, 2.45) is 5.73 Å². The summed E-state index contributed by atoms with van der Waals surface area (Å²) in [5.41, 5.74) is 4.94. The van der Waals surface area contributed by atoms with Gasteiger partial charge in [0.05, 0.1) is 12.2 Å². The number of nitrogens with zero attached hydrogens (tertiary/aromatic N) is 1. The highest BCUT2D eigenvalue weighted by molar-refractivity contribution is 4.78. The molecule has 4 heteroatoms. The molecule has 0 rings (SSSR count). The van der Waals surface area contributed by atoms with Crippen LogP contribution in [-0.4, -0.2) is 55.0 Å². The maximum atomic E-state index is 10.1. The van der Waals surface area contributed by atoms with E-state index in [4.69, 9.17) is 10.5 Å². The molecule has 3 N–H and O–H groups in total. The van der Waals surface area contributed by atoms with Crippen molar-refractivity contribution in [2.75, 3.05) is 33.4 Å². The van der Waals surface area contributed by atoms with Crippen LogP contribution in [0, 0.1) is 0 Å². The topological polar surface area (TPSA) is 58.7 Å². The normalized spacial score (nSPS) is 16.8. The second-order valence-electron chi connectivity index (χ2n) is 5.17. The SMILES string of the molecule is CCC(C)N(CCCC(O)(CC)CN)CCOC. The smallest absolute Gasteiger partial charge is 0.0767 e. The quantitative estimate of drug-likeness (QED) is 0.592. The maximum Gasteiger partial charge on any atom is 0.0767 e. The van der Waals surface area contributed by atoms with Gasteiger partial charge in [0.25, 0.3) is 0 Å². The van der Waals surface area contributed by atoms with Crippen LogP contribution in [-0.2, 0) is 4.74 Å². The van der Waals surface area contributed by atoms with Crippen molar-refractivity contribution in [1.29, 1.82) is 0 Å². The monoisotopic (exact) mass is 260 g/mol. The molecule has 2 unspecified atom stereocenters. The molecule has 110 valence electrons. The van der Waals surface area contributed by atoms with Crippen molar-refractivity contribution in [3.8, 4) is 0 Å². The lowest BCUT2D eigenvalue weighted by atomic mass is 9.94. The molecule has 0 aliphatic heterocycles. The van der Waals surface area contributed by atoms with Gasteiger partial charge in [-0.15, -0.1) is 0 Å². The van der Waals surface area contributed by atoms with E-state index >= 15 is 0 Å². The average molecular weight is 260 g/mol. The number of methoxy groups -OCH3 is 1. The third kappa shape index (κ3) is 6.69. The lowest BCUT2D eigenvalue weighted by Gasteiger charge is -2.30. The Kier molecular flexibility index (Phi) is 9.64. The molecule has 0 saturated heterocycles. The number of aliphatic hydroxyl groups is 1. The van der Waals surface area contributed by atoms with Gasteiger partial charge < -0.3 is 15.6 Å².